The Morgan fingerprint density at radius 2 is 2.33 bits per heavy atom. The number of nitrogen functional groups attached to an aromatic ring is 1. The van der Waals surface area contributed by atoms with Crippen molar-refractivity contribution in [1.82, 2.24) is 4.90 Å². The summed E-state index contributed by atoms with van der Waals surface area (Å²) >= 11 is 0. The average molecular weight is 204 g/mol. The molecular formula is C12H16N2O. The Hall–Kier alpha value is -1.35. The van der Waals surface area contributed by atoms with Gasteiger partial charge in [0.2, 0.25) is 0 Å². The van der Waals surface area contributed by atoms with Gasteiger partial charge in [-0.15, -0.1) is 0 Å². The molecule has 1 atom stereocenters. The number of carbonyl (C=O) groups is 1. The molecule has 1 aliphatic rings. The van der Waals surface area contributed by atoms with E-state index in [0.29, 0.717) is 5.69 Å². The van der Waals surface area contributed by atoms with Crippen molar-refractivity contribution >= 4 is 11.5 Å². The average Bonchev–Trinajstić information content (AvgIpc) is 2.63. The van der Waals surface area contributed by atoms with Crippen LogP contribution < -0.4 is 5.73 Å². The van der Waals surface area contributed by atoms with E-state index in [-0.39, 0.29) is 11.8 Å². The number of ketones is 1. The Morgan fingerprint density at radius 3 is 2.93 bits per heavy atom. The molecule has 3 heteroatoms. The number of anilines is 1. The number of benzene rings is 1. The molecule has 3 nitrogen and oxygen atoms in total. The SMILES string of the molecule is CN1CCCC1C(=O)c1cccc(N)c1. The summed E-state index contributed by atoms with van der Waals surface area (Å²) in [5.74, 6) is 0.197. The highest BCUT2D eigenvalue weighted by molar-refractivity contribution is 6.00. The van der Waals surface area contributed by atoms with Crippen molar-refractivity contribution in [1.29, 1.82) is 0 Å². The predicted octanol–water partition coefficient (Wildman–Crippen LogP) is 1.55. The highest BCUT2D eigenvalue weighted by Gasteiger charge is 2.28. The van der Waals surface area contributed by atoms with Gasteiger partial charge in [-0.05, 0) is 38.6 Å². The van der Waals surface area contributed by atoms with E-state index >= 15 is 0 Å². The molecule has 1 fully saturated rings. The van der Waals surface area contributed by atoms with Gasteiger partial charge in [0.1, 0.15) is 0 Å². The van der Waals surface area contributed by atoms with Gasteiger partial charge in [-0.25, -0.2) is 0 Å². The lowest BCUT2D eigenvalue weighted by molar-refractivity contribution is 0.0890. The maximum atomic E-state index is 12.1. The highest BCUT2D eigenvalue weighted by Crippen LogP contribution is 2.20. The molecule has 0 bridgehead atoms. The number of likely N-dealkylation sites (tertiary alicyclic amines) is 1. The molecule has 2 N–H and O–H groups in total. The molecule has 0 amide bonds. The van der Waals surface area contributed by atoms with Gasteiger partial charge in [0.25, 0.3) is 0 Å². The van der Waals surface area contributed by atoms with Crippen LogP contribution >= 0.6 is 0 Å². The second-order valence-electron chi connectivity index (χ2n) is 4.13. The number of likely N-dealkylation sites (N-methyl/N-ethyl adjacent to an activating group) is 1. The van der Waals surface area contributed by atoms with E-state index in [1.165, 1.54) is 0 Å². The van der Waals surface area contributed by atoms with Crippen LogP contribution in [0, 0.1) is 0 Å². The highest BCUT2D eigenvalue weighted by atomic mass is 16.1. The summed E-state index contributed by atoms with van der Waals surface area (Å²) in [6.45, 7) is 1.01. The van der Waals surface area contributed by atoms with Gasteiger partial charge in [-0.1, -0.05) is 12.1 Å². The summed E-state index contributed by atoms with van der Waals surface area (Å²) in [4.78, 5) is 14.2. The van der Waals surface area contributed by atoms with Crippen LogP contribution in [0.2, 0.25) is 0 Å². The zero-order valence-corrected chi connectivity index (χ0v) is 8.94. The Balaban J connectivity index is 2.20. The fourth-order valence-electron chi connectivity index (χ4n) is 2.13. The zero-order valence-electron chi connectivity index (χ0n) is 8.94. The minimum Gasteiger partial charge on any atom is -0.399 e. The largest absolute Gasteiger partial charge is 0.399 e. The van der Waals surface area contributed by atoms with Crippen LogP contribution in [0.4, 0.5) is 5.69 Å². The topological polar surface area (TPSA) is 46.3 Å². The molecule has 1 aromatic rings. The molecule has 1 aliphatic heterocycles. The first-order chi connectivity index (χ1) is 7.18. The fourth-order valence-corrected chi connectivity index (χ4v) is 2.13. The van der Waals surface area contributed by atoms with Crippen LogP contribution in [0.5, 0.6) is 0 Å². The normalized spacial score (nSPS) is 21.8. The van der Waals surface area contributed by atoms with Crippen molar-refractivity contribution in [2.75, 3.05) is 19.3 Å². The first-order valence-electron chi connectivity index (χ1n) is 5.28. The minimum atomic E-state index is 0.0480. The van der Waals surface area contributed by atoms with Crippen molar-refractivity contribution in [3.8, 4) is 0 Å². The van der Waals surface area contributed by atoms with Crippen LogP contribution in [0.1, 0.15) is 23.2 Å². The molecule has 1 heterocycles. The molecular weight excluding hydrogens is 188 g/mol. The first-order valence-corrected chi connectivity index (χ1v) is 5.28. The fraction of sp³-hybridized carbons (Fsp3) is 0.417. The second-order valence-corrected chi connectivity index (χ2v) is 4.13. The van der Waals surface area contributed by atoms with Crippen LogP contribution in [0.3, 0.4) is 0 Å². The molecule has 0 spiro atoms. The van der Waals surface area contributed by atoms with E-state index in [1.807, 2.05) is 19.2 Å². The first kappa shape index (κ1) is 10.2. The zero-order chi connectivity index (χ0) is 10.8. The Labute approximate surface area is 89.9 Å². The smallest absolute Gasteiger partial charge is 0.180 e. The third-order valence-corrected chi connectivity index (χ3v) is 2.99. The number of nitrogens with zero attached hydrogens (tertiary/aromatic N) is 1. The number of carbonyl (C=O) groups excluding carboxylic acids is 1. The van der Waals surface area contributed by atoms with Crippen LogP contribution in [-0.2, 0) is 0 Å². The standard InChI is InChI=1S/C12H16N2O/c1-14-7-3-6-11(14)12(15)9-4-2-5-10(13)8-9/h2,4-5,8,11H,3,6-7,13H2,1H3. The van der Waals surface area contributed by atoms with E-state index in [2.05, 4.69) is 4.90 Å². The molecule has 1 aromatic carbocycles. The number of Topliss-reactive ketones (excluding diaryl/α,β-unsaturated/α-hetero) is 1. The van der Waals surface area contributed by atoms with Gasteiger partial charge in [-0.3, -0.25) is 9.69 Å². The quantitative estimate of drug-likeness (QED) is 0.587. The monoisotopic (exact) mass is 204 g/mol. The van der Waals surface area contributed by atoms with Gasteiger partial charge in [0.15, 0.2) is 5.78 Å². The second kappa shape index (κ2) is 4.03. The summed E-state index contributed by atoms with van der Waals surface area (Å²) < 4.78 is 0. The summed E-state index contributed by atoms with van der Waals surface area (Å²) in [7, 11) is 2.00. The van der Waals surface area contributed by atoms with Gasteiger partial charge in [-0.2, -0.15) is 0 Å². The van der Waals surface area contributed by atoms with Gasteiger partial charge >= 0.3 is 0 Å². The van der Waals surface area contributed by atoms with Crippen molar-refractivity contribution in [2.45, 2.75) is 18.9 Å². The molecule has 1 saturated heterocycles. The van der Waals surface area contributed by atoms with Crippen molar-refractivity contribution < 1.29 is 4.79 Å². The summed E-state index contributed by atoms with van der Waals surface area (Å²) in [6.07, 6.45) is 2.07. The third-order valence-electron chi connectivity index (χ3n) is 2.99. The van der Waals surface area contributed by atoms with E-state index in [1.54, 1.807) is 12.1 Å². The molecule has 80 valence electrons. The van der Waals surface area contributed by atoms with Gasteiger partial charge < -0.3 is 5.73 Å². The lowest BCUT2D eigenvalue weighted by atomic mass is 10.0. The lowest BCUT2D eigenvalue weighted by Crippen LogP contribution is -2.32. The molecule has 2 rings (SSSR count). The maximum Gasteiger partial charge on any atom is 0.180 e. The molecule has 0 aliphatic carbocycles. The van der Waals surface area contributed by atoms with Gasteiger partial charge in [0, 0.05) is 11.3 Å². The summed E-state index contributed by atoms with van der Waals surface area (Å²) in [5.41, 5.74) is 7.05. The Kier molecular flexibility index (Phi) is 2.73. The number of nitrogens with two attached hydrogens (primary N) is 1. The van der Waals surface area contributed by atoms with E-state index in [9.17, 15) is 4.79 Å². The Morgan fingerprint density at radius 1 is 1.53 bits per heavy atom. The molecule has 0 saturated carbocycles. The Bertz CT molecular complexity index is 376. The van der Waals surface area contributed by atoms with Gasteiger partial charge in [0.05, 0.1) is 6.04 Å². The summed E-state index contributed by atoms with van der Waals surface area (Å²) in [6, 6.07) is 7.28. The molecule has 1 unspecified atom stereocenters. The summed E-state index contributed by atoms with van der Waals surface area (Å²) in [5, 5.41) is 0. The molecule has 0 radical (unpaired) electrons. The number of hydrogen-bond acceptors (Lipinski definition) is 3. The molecule has 0 aromatic heterocycles. The van der Waals surface area contributed by atoms with Crippen LogP contribution in [-0.4, -0.2) is 30.3 Å². The number of hydrogen-bond donors (Lipinski definition) is 1. The van der Waals surface area contributed by atoms with Crippen LogP contribution in [0.25, 0.3) is 0 Å². The maximum absolute atomic E-state index is 12.1. The third kappa shape index (κ3) is 2.02. The predicted molar refractivity (Wildman–Crippen MR) is 60.8 cm³/mol. The molecule has 15 heavy (non-hydrogen) atoms. The lowest BCUT2D eigenvalue weighted by Gasteiger charge is -2.17. The van der Waals surface area contributed by atoms with E-state index in [0.717, 1.165) is 24.9 Å². The van der Waals surface area contributed by atoms with E-state index < -0.39 is 0 Å². The minimum absolute atomic E-state index is 0.0480. The van der Waals surface area contributed by atoms with Crippen molar-refractivity contribution in [2.24, 2.45) is 0 Å². The van der Waals surface area contributed by atoms with Crippen LogP contribution in [0.15, 0.2) is 24.3 Å². The number of rotatable bonds is 2. The van der Waals surface area contributed by atoms with Crippen molar-refractivity contribution in [3.63, 3.8) is 0 Å². The van der Waals surface area contributed by atoms with E-state index in [4.69, 9.17) is 5.73 Å². The van der Waals surface area contributed by atoms with Crippen molar-refractivity contribution in [3.05, 3.63) is 29.8 Å².